The summed E-state index contributed by atoms with van der Waals surface area (Å²) in [6, 6.07) is 92.5. The van der Waals surface area contributed by atoms with Gasteiger partial charge in [-0.1, -0.05) is 216 Å². The zero-order valence-electron chi connectivity index (χ0n) is 33.2. The SMILES string of the molecule is C.C.C.c1ccc(-c2cccc(-c3cccc(-c4cc(-c5cccc(-c6cccc(-c7ccccc7)c6)c5)cc(-c5cc(-c6ccccc6)cc(-c6ccccc6)c5)c4)c3)c2)cc1. The molecule has 0 atom stereocenters. The lowest BCUT2D eigenvalue weighted by Crippen LogP contribution is -1.90. The molecular formula is C63H54. The van der Waals surface area contributed by atoms with Gasteiger partial charge in [0.05, 0.1) is 0 Å². The van der Waals surface area contributed by atoms with E-state index in [1.165, 1.54) is 100 Å². The highest BCUT2D eigenvalue weighted by molar-refractivity contribution is 5.88. The molecule has 0 nitrogen and oxygen atoms in total. The van der Waals surface area contributed by atoms with Gasteiger partial charge in [0.15, 0.2) is 0 Å². The molecule has 0 aliphatic carbocycles. The molecule has 0 spiro atoms. The minimum atomic E-state index is 0. The van der Waals surface area contributed by atoms with Crippen molar-refractivity contribution < 1.29 is 0 Å². The van der Waals surface area contributed by atoms with Gasteiger partial charge in [-0.05, 0) is 161 Å². The summed E-state index contributed by atoms with van der Waals surface area (Å²) in [6.45, 7) is 0. The van der Waals surface area contributed by atoms with Crippen molar-refractivity contribution in [1.82, 2.24) is 0 Å². The van der Waals surface area contributed by atoms with E-state index in [0.717, 1.165) is 0 Å². The molecule has 0 heterocycles. The lowest BCUT2D eigenvalue weighted by atomic mass is 9.89. The molecule has 0 bridgehead atoms. The number of hydrogen-bond donors (Lipinski definition) is 0. The lowest BCUT2D eigenvalue weighted by molar-refractivity contribution is 1.54. The molecule has 63 heavy (non-hydrogen) atoms. The Morgan fingerprint density at radius 3 is 0.476 bits per heavy atom. The fraction of sp³-hybridized carbons (Fsp3) is 0.0476. The first kappa shape index (κ1) is 43.3. The van der Waals surface area contributed by atoms with Gasteiger partial charge in [0.1, 0.15) is 0 Å². The van der Waals surface area contributed by atoms with Gasteiger partial charge in [-0.3, -0.25) is 0 Å². The van der Waals surface area contributed by atoms with Crippen LogP contribution < -0.4 is 0 Å². The third kappa shape index (κ3) is 9.57. The fourth-order valence-corrected chi connectivity index (χ4v) is 8.29. The van der Waals surface area contributed by atoms with Crippen molar-refractivity contribution in [2.75, 3.05) is 0 Å². The van der Waals surface area contributed by atoms with Crippen molar-refractivity contribution in [3.63, 3.8) is 0 Å². The van der Waals surface area contributed by atoms with E-state index in [4.69, 9.17) is 0 Å². The molecule has 0 saturated heterocycles. The Morgan fingerprint density at radius 1 is 0.111 bits per heavy atom. The normalized spacial score (nSPS) is 10.5. The van der Waals surface area contributed by atoms with Crippen molar-refractivity contribution in [2.24, 2.45) is 0 Å². The van der Waals surface area contributed by atoms with Crippen LogP contribution in [0.15, 0.2) is 255 Å². The van der Waals surface area contributed by atoms with Gasteiger partial charge >= 0.3 is 0 Å². The monoisotopic (exact) mass is 810 g/mol. The van der Waals surface area contributed by atoms with Crippen LogP contribution in [0.25, 0.3) is 100 Å². The van der Waals surface area contributed by atoms with Crippen LogP contribution in [0.3, 0.4) is 0 Å². The van der Waals surface area contributed by atoms with E-state index < -0.39 is 0 Å². The second-order valence-corrected chi connectivity index (χ2v) is 15.4. The number of rotatable bonds is 9. The summed E-state index contributed by atoms with van der Waals surface area (Å²) in [5, 5.41) is 0. The molecular weight excluding hydrogens is 757 g/mol. The van der Waals surface area contributed by atoms with Crippen LogP contribution in [-0.4, -0.2) is 0 Å². The van der Waals surface area contributed by atoms with Crippen LogP contribution in [-0.2, 0) is 0 Å². The highest BCUT2D eigenvalue weighted by Gasteiger charge is 2.13. The van der Waals surface area contributed by atoms with E-state index in [1.54, 1.807) is 0 Å². The Hall–Kier alpha value is -7.80. The smallest absolute Gasteiger partial charge is 0.0171 e. The van der Waals surface area contributed by atoms with Crippen LogP contribution in [0.4, 0.5) is 0 Å². The topological polar surface area (TPSA) is 0 Å². The van der Waals surface area contributed by atoms with Crippen LogP contribution in [0, 0.1) is 0 Å². The van der Waals surface area contributed by atoms with E-state index in [2.05, 4.69) is 255 Å². The van der Waals surface area contributed by atoms with Gasteiger partial charge in [-0.2, -0.15) is 0 Å². The highest BCUT2D eigenvalue weighted by Crippen LogP contribution is 2.39. The molecule has 10 aromatic carbocycles. The first-order chi connectivity index (χ1) is 29.7. The molecule has 0 heteroatoms. The molecule has 0 aromatic heterocycles. The zero-order valence-corrected chi connectivity index (χ0v) is 33.2. The zero-order chi connectivity index (χ0) is 40.1. The van der Waals surface area contributed by atoms with E-state index in [1.807, 2.05) is 0 Å². The number of hydrogen-bond acceptors (Lipinski definition) is 0. The summed E-state index contributed by atoms with van der Waals surface area (Å²) in [5.41, 5.74) is 21.5. The molecule has 10 rings (SSSR count). The maximum absolute atomic E-state index is 2.37. The number of benzene rings is 10. The Labute approximate surface area is 375 Å². The quantitative estimate of drug-likeness (QED) is 0.136. The first-order valence-corrected chi connectivity index (χ1v) is 20.6. The van der Waals surface area contributed by atoms with Crippen LogP contribution in [0.5, 0.6) is 0 Å². The second-order valence-electron chi connectivity index (χ2n) is 15.4. The maximum atomic E-state index is 2.37. The molecule has 0 saturated carbocycles. The molecule has 0 amide bonds. The Balaban J connectivity index is 0.00000198. The predicted octanol–water partition coefficient (Wildman–Crippen LogP) is 18.6. The molecule has 0 radical (unpaired) electrons. The third-order valence-corrected chi connectivity index (χ3v) is 11.4. The summed E-state index contributed by atoms with van der Waals surface area (Å²) >= 11 is 0. The summed E-state index contributed by atoms with van der Waals surface area (Å²) in [5.74, 6) is 0. The van der Waals surface area contributed by atoms with Gasteiger partial charge in [-0.25, -0.2) is 0 Å². The van der Waals surface area contributed by atoms with E-state index in [-0.39, 0.29) is 22.3 Å². The Kier molecular flexibility index (Phi) is 13.6. The van der Waals surface area contributed by atoms with Gasteiger partial charge in [0.25, 0.3) is 0 Å². The summed E-state index contributed by atoms with van der Waals surface area (Å²) in [7, 11) is 0. The Morgan fingerprint density at radius 2 is 0.238 bits per heavy atom. The average molecular weight is 811 g/mol. The second kappa shape index (κ2) is 19.7. The van der Waals surface area contributed by atoms with E-state index in [9.17, 15) is 0 Å². The summed E-state index contributed by atoms with van der Waals surface area (Å²) < 4.78 is 0. The van der Waals surface area contributed by atoms with Crippen molar-refractivity contribution in [3.8, 4) is 100 Å². The van der Waals surface area contributed by atoms with Crippen molar-refractivity contribution in [2.45, 2.75) is 22.3 Å². The molecule has 0 aliphatic heterocycles. The van der Waals surface area contributed by atoms with Gasteiger partial charge in [0.2, 0.25) is 0 Å². The third-order valence-electron chi connectivity index (χ3n) is 11.4. The van der Waals surface area contributed by atoms with Gasteiger partial charge in [-0.15, -0.1) is 0 Å². The van der Waals surface area contributed by atoms with E-state index >= 15 is 0 Å². The standard InChI is InChI=1S/C60H42.3CH4/c1-5-17-43(18-6-1)47-25-13-27-49(33-47)51-29-15-31-53(35-51)57-40-58(54-32-16-30-52(36-54)50-28-14-26-48(34-50)44-19-7-2-8-20-44)42-60(41-57)59-38-55(45-21-9-3-10-22-45)37-56(39-59)46-23-11-4-12-24-46;;;/h1-42H;3*1H4. The highest BCUT2D eigenvalue weighted by atomic mass is 14.2. The summed E-state index contributed by atoms with van der Waals surface area (Å²) in [6.07, 6.45) is 0. The minimum absolute atomic E-state index is 0. The molecule has 10 aromatic rings. The molecule has 0 N–H and O–H groups in total. The van der Waals surface area contributed by atoms with Crippen LogP contribution >= 0.6 is 0 Å². The first-order valence-electron chi connectivity index (χ1n) is 20.6. The summed E-state index contributed by atoms with van der Waals surface area (Å²) in [4.78, 5) is 0. The van der Waals surface area contributed by atoms with Crippen LogP contribution in [0.1, 0.15) is 22.3 Å². The van der Waals surface area contributed by atoms with Gasteiger partial charge in [0, 0.05) is 0 Å². The molecule has 306 valence electrons. The minimum Gasteiger partial charge on any atom is -0.0776 e. The maximum Gasteiger partial charge on any atom is -0.0171 e. The molecule has 0 aliphatic rings. The lowest BCUT2D eigenvalue weighted by Gasteiger charge is -2.16. The Bertz CT molecular complexity index is 2850. The average Bonchev–Trinajstić information content (AvgIpc) is 3.35. The van der Waals surface area contributed by atoms with Crippen molar-refractivity contribution in [1.29, 1.82) is 0 Å². The molecule has 0 fully saturated rings. The van der Waals surface area contributed by atoms with Crippen molar-refractivity contribution in [3.05, 3.63) is 255 Å². The fourth-order valence-electron chi connectivity index (χ4n) is 8.29. The van der Waals surface area contributed by atoms with Crippen molar-refractivity contribution >= 4 is 0 Å². The largest absolute Gasteiger partial charge is 0.0776 e. The molecule has 0 unspecified atom stereocenters. The van der Waals surface area contributed by atoms with Crippen LogP contribution in [0.2, 0.25) is 0 Å². The predicted molar refractivity (Wildman–Crippen MR) is 276 cm³/mol. The van der Waals surface area contributed by atoms with Gasteiger partial charge < -0.3 is 0 Å². The van der Waals surface area contributed by atoms with E-state index in [0.29, 0.717) is 0 Å².